The quantitative estimate of drug-likeness (QED) is 0.437. The van der Waals surface area contributed by atoms with E-state index < -0.39 is 5.56 Å². The number of hydrogen-bond acceptors (Lipinski definition) is 6. The monoisotopic (exact) mass is 487 g/mol. The molecule has 0 atom stereocenters. The lowest BCUT2D eigenvalue weighted by molar-refractivity contribution is -0.116. The normalized spacial score (nSPS) is 10.5. The molecule has 8 nitrogen and oxygen atoms in total. The van der Waals surface area contributed by atoms with Crippen LogP contribution >= 0.6 is 27.7 Å². The van der Waals surface area contributed by atoms with Crippen LogP contribution in [0.4, 0.5) is 11.4 Å². The van der Waals surface area contributed by atoms with Gasteiger partial charge in [0.05, 0.1) is 17.1 Å². The van der Waals surface area contributed by atoms with Crippen molar-refractivity contribution in [3.05, 3.63) is 63.4 Å². The summed E-state index contributed by atoms with van der Waals surface area (Å²) < 4.78 is 0.773. The standard InChI is InChI=1S/C20H18BrN5O3S/c1-2-16(27)22-14-9-5-3-7-12(14)18-19(29)24-20(26-25-18)30-11-17(28)23-15-10-6-4-8-13(15)21/h3-10H,2,11H2,1H3,(H,22,27)(H,23,28)(H,24,26,29). The molecule has 0 aliphatic carbocycles. The first-order chi connectivity index (χ1) is 14.5. The number of amides is 2. The highest BCUT2D eigenvalue weighted by Crippen LogP contribution is 2.24. The highest BCUT2D eigenvalue weighted by atomic mass is 79.9. The number of carbonyl (C=O) groups excluding carboxylic acids is 2. The molecule has 0 bridgehead atoms. The van der Waals surface area contributed by atoms with Crippen molar-refractivity contribution in [2.45, 2.75) is 18.5 Å². The maximum atomic E-state index is 12.5. The second kappa shape index (κ2) is 10.2. The van der Waals surface area contributed by atoms with Gasteiger partial charge in [-0.25, -0.2) is 0 Å². The summed E-state index contributed by atoms with van der Waals surface area (Å²) in [6, 6.07) is 14.1. The average molecular weight is 488 g/mol. The van der Waals surface area contributed by atoms with Crippen LogP contribution in [-0.4, -0.2) is 32.7 Å². The molecule has 0 saturated carbocycles. The van der Waals surface area contributed by atoms with Crippen LogP contribution in [0.2, 0.25) is 0 Å². The molecular formula is C20H18BrN5O3S. The van der Waals surface area contributed by atoms with Crippen LogP contribution in [-0.2, 0) is 9.59 Å². The van der Waals surface area contributed by atoms with E-state index in [1.165, 1.54) is 0 Å². The Bertz CT molecular complexity index is 1140. The number of aromatic nitrogens is 3. The zero-order chi connectivity index (χ0) is 21.5. The van der Waals surface area contributed by atoms with Crippen molar-refractivity contribution in [1.82, 2.24) is 15.2 Å². The molecule has 3 N–H and O–H groups in total. The fourth-order valence-electron chi connectivity index (χ4n) is 2.48. The Balaban J connectivity index is 1.70. The Morgan fingerprint density at radius 2 is 1.67 bits per heavy atom. The fourth-order valence-corrected chi connectivity index (χ4v) is 3.47. The van der Waals surface area contributed by atoms with Gasteiger partial charge in [-0.15, -0.1) is 10.2 Å². The molecule has 1 aromatic heterocycles. The molecule has 3 aromatic rings. The minimum Gasteiger partial charge on any atom is -0.325 e. The molecule has 154 valence electrons. The van der Waals surface area contributed by atoms with Gasteiger partial charge in [0.1, 0.15) is 0 Å². The predicted octanol–water partition coefficient (Wildman–Crippen LogP) is 3.67. The van der Waals surface area contributed by atoms with Gasteiger partial charge >= 0.3 is 0 Å². The zero-order valence-electron chi connectivity index (χ0n) is 15.9. The molecule has 3 rings (SSSR count). The van der Waals surface area contributed by atoms with E-state index in [1.807, 2.05) is 18.2 Å². The lowest BCUT2D eigenvalue weighted by atomic mass is 10.1. The van der Waals surface area contributed by atoms with Crippen molar-refractivity contribution >= 4 is 50.9 Å². The summed E-state index contributed by atoms with van der Waals surface area (Å²) in [7, 11) is 0. The summed E-state index contributed by atoms with van der Waals surface area (Å²) in [6.45, 7) is 1.74. The number of benzene rings is 2. The average Bonchev–Trinajstić information content (AvgIpc) is 2.74. The molecule has 0 radical (unpaired) electrons. The van der Waals surface area contributed by atoms with Crippen molar-refractivity contribution < 1.29 is 9.59 Å². The van der Waals surface area contributed by atoms with E-state index in [-0.39, 0.29) is 28.4 Å². The largest absolute Gasteiger partial charge is 0.325 e. The number of para-hydroxylation sites is 2. The van der Waals surface area contributed by atoms with Crippen LogP contribution in [0.1, 0.15) is 13.3 Å². The molecule has 1 heterocycles. The molecule has 0 aliphatic rings. The molecule has 2 aromatic carbocycles. The summed E-state index contributed by atoms with van der Waals surface area (Å²) in [5.74, 6) is -0.365. The van der Waals surface area contributed by atoms with E-state index in [0.29, 0.717) is 23.4 Å². The maximum absolute atomic E-state index is 12.5. The van der Waals surface area contributed by atoms with Gasteiger partial charge in [-0.1, -0.05) is 49.0 Å². The number of nitrogens with zero attached hydrogens (tertiary/aromatic N) is 2. The van der Waals surface area contributed by atoms with Gasteiger partial charge in [0.25, 0.3) is 5.56 Å². The summed E-state index contributed by atoms with van der Waals surface area (Å²) >= 11 is 4.43. The minimum absolute atomic E-state index is 0.0500. The number of nitrogens with one attached hydrogen (secondary N) is 3. The summed E-state index contributed by atoms with van der Waals surface area (Å²) in [6.07, 6.45) is 0.313. The van der Waals surface area contributed by atoms with E-state index in [2.05, 4.69) is 41.7 Å². The smallest absolute Gasteiger partial charge is 0.278 e. The van der Waals surface area contributed by atoms with Crippen molar-refractivity contribution in [3.8, 4) is 11.3 Å². The zero-order valence-corrected chi connectivity index (χ0v) is 18.3. The molecule has 0 spiro atoms. The molecular weight excluding hydrogens is 470 g/mol. The van der Waals surface area contributed by atoms with E-state index in [4.69, 9.17) is 0 Å². The van der Waals surface area contributed by atoms with Crippen LogP contribution in [0, 0.1) is 0 Å². The van der Waals surface area contributed by atoms with Crippen LogP contribution in [0.5, 0.6) is 0 Å². The third kappa shape index (κ3) is 5.55. The predicted molar refractivity (Wildman–Crippen MR) is 121 cm³/mol. The Hall–Kier alpha value is -2.98. The number of aromatic amines is 1. The lowest BCUT2D eigenvalue weighted by Gasteiger charge is -2.09. The number of anilines is 2. The number of halogens is 1. The SMILES string of the molecule is CCC(=O)Nc1ccccc1-c1nnc(SCC(=O)Nc2ccccc2Br)[nH]c1=O. The molecule has 0 unspecified atom stereocenters. The van der Waals surface area contributed by atoms with Crippen LogP contribution < -0.4 is 16.2 Å². The Morgan fingerprint density at radius 1 is 1.00 bits per heavy atom. The molecule has 0 saturated heterocycles. The number of rotatable bonds is 7. The van der Waals surface area contributed by atoms with E-state index in [0.717, 1.165) is 16.2 Å². The third-order valence-electron chi connectivity index (χ3n) is 3.94. The van der Waals surface area contributed by atoms with E-state index in [9.17, 15) is 14.4 Å². The maximum Gasteiger partial charge on any atom is 0.278 e. The van der Waals surface area contributed by atoms with E-state index in [1.54, 1.807) is 37.3 Å². The molecule has 30 heavy (non-hydrogen) atoms. The van der Waals surface area contributed by atoms with Gasteiger partial charge < -0.3 is 10.6 Å². The van der Waals surface area contributed by atoms with Gasteiger partial charge in [0.2, 0.25) is 11.8 Å². The van der Waals surface area contributed by atoms with Gasteiger partial charge in [0, 0.05) is 16.5 Å². The first-order valence-corrected chi connectivity index (χ1v) is 10.8. The van der Waals surface area contributed by atoms with Gasteiger partial charge in [-0.05, 0) is 34.1 Å². The van der Waals surface area contributed by atoms with Gasteiger partial charge in [-0.3, -0.25) is 19.4 Å². The number of carbonyl (C=O) groups is 2. The van der Waals surface area contributed by atoms with Gasteiger partial charge in [0.15, 0.2) is 10.9 Å². The molecule has 10 heteroatoms. The van der Waals surface area contributed by atoms with Crippen molar-refractivity contribution in [1.29, 1.82) is 0 Å². The highest BCUT2D eigenvalue weighted by molar-refractivity contribution is 9.10. The summed E-state index contributed by atoms with van der Waals surface area (Å²) in [5, 5.41) is 13.8. The Labute approximate surface area is 185 Å². The highest BCUT2D eigenvalue weighted by Gasteiger charge is 2.14. The Kier molecular flexibility index (Phi) is 7.36. The molecule has 0 fully saturated rings. The van der Waals surface area contributed by atoms with Crippen LogP contribution in [0.3, 0.4) is 0 Å². The van der Waals surface area contributed by atoms with Gasteiger partial charge in [-0.2, -0.15) is 0 Å². The van der Waals surface area contributed by atoms with Crippen LogP contribution in [0.25, 0.3) is 11.3 Å². The second-order valence-corrected chi connectivity index (χ2v) is 7.89. The second-order valence-electron chi connectivity index (χ2n) is 6.07. The van der Waals surface area contributed by atoms with Crippen molar-refractivity contribution in [2.75, 3.05) is 16.4 Å². The number of H-pyrrole nitrogens is 1. The fraction of sp³-hybridized carbons (Fsp3) is 0.150. The summed E-state index contributed by atoms with van der Waals surface area (Å²) in [4.78, 5) is 39.1. The minimum atomic E-state index is -0.461. The van der Waals surface area contributed by atoms with Crippen LogP contribution in [0.15, 0.2) is 63.0 Å². The first-order valence-electron chi connectivity index (χ1n) is 9.01. The number of thioether (sulfide) groups is 1. The number of hydrogen-bond donors (Lipinski definition) is 3. The Morgan fingerprint density at radius 3 is 2.37 bits per heavy atom. The van der Waals surface area contributed by atoms with Crippen molar-refractivity contribution in [2.24, 2.45) is 0 Å². The third-order valence-corrected chi connectivity index (χ3v) is 5.50. The topological polar surface area (TPSA) is 117 Å². The molecule has 0 aliphatic heterocycles. The van der Waals surface area contributed by atoms with Crippen molar-refractivity contribution in [3.63, 3.8) is 0 Å². The summed E-state index contributed by atoms with van der Waals surface area (Å²) in [5.41, 5.74) is 1.23. The first kappa shape index (κ1) is 21.7. The molecule has 2 amide bonds. The van der Waals surface area contributed by atoms with E-state index >= 15 is 0 Å². The lowest BCUT2D eigenvalue weighted by Crippen LogP contribution is -2.18.